The summed E-state index contributed by atoms with van der Waals surface area (Å²) in [6.45, 7) is 0. The molecule has 0 fully saturated rings. The second-order valence-corrected chi connectivity index (χ2v) is 4.71. The van der Waals surface area contributed by atoms with Gasteiger partial charge in [0, 0.05) is 24.5 Å². The molecule has 5 nitrogen and oxygen atoms in total. The topological polar surface area (TPSA) is 66.5 Å². The predicted octanol–water partition coefficient (Wildman–Crippen LogP) is 3.33. The highest BCUT2D eigenvalue weighted by Gasteiger charge is 2.06. The zero-order valence-electron chi connectivity index (χ0n) is 10.8. The SMILES string of the molecule is Fc1cnc(Cl)nc1Nc1ccc(Cc2ncc[nH]2)cc1. The number of benzene rings is 1. The normalized spacial score (nSPS) is 10.6. The fourth-order valence-corrected chi connectivity index (χ4v) is 2.00. The van der Waals surface area contributed by atoms with Gasteiger partial charge in [0.25, 0.3) is 0 Å². The summed E-state index contributed by atoms with van der Waals surface area (Å²) in [6, 6.07) is 7.55. The minimum absolute atomic E-state index is 0.00617. The van der Waals surface area contributed by atoms with Crippen LogP contribution in [-0.2, 0) is 6.42 Å². The second-order valence-electron chi connectivity index (χ2n) is 4.37. The van der Waals surface area contributed by atoms with Crippen molar-refractivity contribution >= 4 is 23.1 Å². The van der Waals surface area contributed by atoms with Crippen molar-refractivity contribution in [3.8, 4) is 0 Å². The highest BCUT2D eigenvalue weighted by molar-refractivity contribution is 6.28. The molecule has 0 bridgehead atoms. The van der Waals surface area contributed by atoms with Gasteiger partial charge in [-0.05, 0) is 29.3 Å². The Bertz CT molecular complexity index is 728. The molecule has 0 atom stereocenters. The highest BCUT2D eigenvalue weighted by atomic mass is 35.5. The first-order valence-corrected chi connectivity index (χ1v) is 6.61. The Morgan fingerprint density at radius 3 is 2.71 bits per heavy atom. The number of hydrogen-bond donors (Lipinski definition) is 2. The van der Waals surface area contributed by atoms with E-state index in [4.69, 9.17) is 11.6 Å². The number of anilines is 2. The number of aromatic amines is 1. The summed E-state index contributed by atoms with van der Waals surface area (Å²) in [4.78, 5) is 14.6. The molecule has 0 aliphatic carbocycles. The van der Waals surface area contributed by atoms with E-state index in [2.05, 4.69) is 25.3 Å². The van der Waals surface area contributed by atoms with Crippen molar-refractivity contribution in [2.75, 3.05) is 5.32 Å². The Balaban J connectivity index is 1.73. The Morgan fingerprint density at radius 2 is 2.00 bits per heavy atom. The third kappa shape index (κ3) is 3.35. The zero-order valence-corrected chi connectivity index (χ0v) is 11.6. The minimum atomic E-state index is -0.556. The van der Waals surface area contributed by atoms with E-state index in [1.165, 1.54) is 0 Å². The molecule has 2 aromatic heterocycles. The zero-order chi connectivity index (χ0) is 14.7. The molecule has 0 radical (unpaired) electrons. The average molecular weight is 304 g/mol. The number of hydrogen-bond acceptors (Lipinski definition) is 4. The summed E-state index contributed by atoms with van der Waals surface area (Å²) >= 11 is 5.65. The molecule has 7 heteroatoms. The van der Waals surface area contributed by atoms with Gasteiger partial charge in [-0.15, -0.1) is 0 Å². The van der Waals surface area contributed by atoms with Crippen molar-refractivity contribution in [3.63, 3.8) is 0 Å². The number of aromatic nitrogens is 4. The van der Waals surface area contributed by atoms with E-state index in [1.807, 2.05) is 24.3 Å². The molecule has 106 valence electrons. The van der Waals surface area contributed by atoms with Crippen LogP contribution in [0.25, 0.3) is 0 Å². The van der Waals surface area contributed by atoms with Gasteiger partial charge in [-0.25, -0.2) is 14.4 Å². The van der Waals surface area contributed by atoms with Crippen LogP contribution < -0.4 is 5.32 Å². The van der Waals surface area contributed by atoms with Crippen molar-refractivity contribution in [3.05, 3.63) is 65.3 Å². The van der Waals surface area contributed by atoms with Gasteiger partial charge in [0.2, 0.25) is 5.28 Å². The van der Waals surface area contributed by atoms with Gasteiger partial charge in [0.15, 0.2) is 11.6 Å². The fraction of sp³-hybridized carbons (Fsp3) is 0.0714. The summed E-state index contributed by atoms with van der Waals surface area (Å²) in [5.74, 6) is 0.386. The second kappa shape index (κ2) is 5.88. The van der Waals surface area contributed by atoms with Crippen molar-refractivity contribution in [2.24, 2.45) is 0 Å². The van der Waals surface area contributed by atoms with Crippen LogP contribution >= 0.6 is 11.6 Å². The first-order chi connectivity index (χ1) is 10.2. The number of nitrogens with zero attached hydrogens (tertiary/aromatic N) is 3. The smallest absolute Gasteiger partial charge is 0.224 e. The van der Waals surface area contributed by atoms with Crippen LogP contribution in [-0.4, -0.2) is 19.9 Å². The molecule has 0 aliphatic heterocycles. The van der Waals surface area contributed by atoms with Crippen LogP contribution in [0.2, 0.25) is 5.28 Å². The van der Waals surface area contributed by atoms with Gasteiger partial charge >= 0.3 is 0 Å². The number of rotatable bonds is 4. The molecule has 1 aromatic carbocycles. The lowest BCUT2D eigenvalue weighted by Crippen LogP contribution is -1.99. The van der Waals surface area contributed by atoms with E-state index in [1.54, 1.807) is 12.4 Å². The van der Waals surface area contributed by atoms with E-state index in [9.17, 15) is 4.39 Å². The standard InChI is InChI=1S/C14H11ClFN5/c15-14-19-8-11(16)13(21-14)20-10-3-1-9(2-4-10)7-12-17-5-6-18-12/h1-6,8H,7H2,(H,17,18)(H,19,20,21). The Kier molecular flexibility index (Phi) is 3.79. The molecular formula is C14H11ClFN5. The molecule has 0 amide bonds. The number of halogens is 2. The van der Waals surface area contributed by atoms with Crippen molar-refractivity contribution in [2.45, 2.75) is 6.42 Å². The number of nitrogens with one attached hydrogen (secondary N) is 2. The molecule has 21 heavy (non-hydrogen) atoms. The predicted molar refractivity (Wildman–Crippen MR) is 78.1 cm³/mol. The van der Waals surface area contributed by atoms with E-state index in [0.717, 1.165) is 17.6 Å². The molecule has 2 N–H and O–H groups in total. The van der Waals surface area contributed by atoms with Crippen LogP contribution in [0, 0.1) is 5.82 Å². The summed E-state index contributed by atoms with van der Waals surface area (Å²) < 4.78 is 13.5. The maximum absolute atomic E-state index is 13.5. The van der Waals surface area contributed by atoms with E-state index >= 15 is 0 Å². The number of imidazole rings is 1. The summed E-state index contributed by atoms with van der Waals surface area (Å²) in [5, 5.41) is 2.86. The Labute approximate surface area is 125 Å². The van der Waals surface area contributed by atoms with Crippen LogP contribution in [0.1, 0.15) is 11.4 Å². The fourth-order valence-electron chi connectivity index (χ4n) is 1.86. The van der Waals surface area contributed by atoms with Crippen LogP contribution in [0.3, 0.4) is 0 Å². The molecular weight excluding hydrogens is 293 g/mol. The molecule has 3 aromatic rings. The molecule has 3 rings (SSSR count). The Morgan fingerprint density at radius 1 is 1.19 bits per heavy atom. The maximum atomic E-state index is 13.5. The molecule has 0 unspecified atom stereocenters. The van der Waals surface area contributed by atoms with Crippen molar-refractivity contribution in [1.82, 2.24) is 19.9 Å². The summed E-state index contributed by atoms with van der Waals surface area (Å²) in [6.07, 6.45) is 5.24. The van der Waals surface area contributed by atoms with Crippen LogP contribution in [0.4, 0.5) is 15.9 Å². The third-order valence-corrected chi connectivity index (χ3v) is 3.04. The lowest BCUT2D eigenvalue weighted by atomic mass is 10.1. The summed E-state index contributed by atoms with van der Waals surface area (Å²) in [7, 11) is 0. The van der Waals surface area contributed by atoms with Gasteiger partial charge in [-0.3, -0.25) is 0 Å². The molecule has 0 saturated carbocycles. The molecule has 0 saturated heterocycles. The van der Waals surface area contributed by atoms with Crippen molar-refractivity contribution < 1.29 is 4.39 Å². The monoisotopic (exact) mass is 303 g/mol. The molecule has 0 spiro atoms. The number of H-pyrrole nitrogens is 1. The first kappa shape index (κ1) is 13.5. The van der Waals surface area contributed by atoms with Gasteiger partial charge in [-0.2, -0.15) is 4.98 Å². The third-order valence-electron chi connectivity index (χ3n) is 2.86. The largest absolute Gasteiger partial charge is 0.348 e. The first-order valence-electron chi connectivity index (χ1n) is 6.23. The van der Waals surface area contributed by atoms with E-state index in [-0.39, 0.29) is 11.1 Å². The van der Waals surface area contributed by atoms with Crippen molar-refractivity contribution in [1.29, 1.82) is 0 Å². The van der Waals surface area contributed by atoms with E-state index in [0.29, 0.717) is 12.1 Å². The van der Waals surface area contributed by atoms with Gasteiger partial charge in [0.1, 0.15) is 5.82 Å². The maximum Gasteiger partial charge on any atom is 0.224 e. The molecule has 2 heterocycles. The average Bonchev–Trinajstić information content (AvgIpc) is 2.98. The Hall–Kier alpha value is -2.47. The summed E-state index contributed by atoms with van der Waals surface area (Å²) in [5.41, 5.74) is 1.81. The van der Waals surface area contributed by atoms with Gasteiger partial charge < -0.3 is 10.3 Å². The minimum Gasteiger partial charge on any atom is -0.348 e. The van der Waals surface area contributed by atoms with Crippen LogP contribution in [0.5, 0.6) is 0 Å². The molecule has 0 aliphatic rings. The lowest BCUT2D eigenvalue weighted by molar-refractivity contribution is 0.619. The quantitative estimate of drug-likeness (QED) is 0.726. The highest BCUT2D eigenvalue weighted by Crippen LogP contribution is 2.19. The van der Waals surface area contributed by atoms with Crippen LogP contribution in [0.15, 0.2) is 42.9 Å². The lowest BCUT2D eigenvalue weighted by Gasteiger charge is -2.07. The van der Waals surface area contributed by atoms with Gasteiger partial charge in [0.05, 0.1) is 6.20 Å². The van der Waals surface area contributed by atoms with E-state index < -0.39 is 5.82 Å². The van der Waals surface area contributed by atoms with Gasteiger partial charge in [-0.1, -0.05) is 12.1 Å².